The fourth-order valence-corrected chi connectivity index (χ4v) is 3.90. The van der Waals surface area contributed by atoms with E-state index in [-0.39, 0.29) is 5.75 Å². The number of rotatable bonds is 3. The number of nitrogens with one attached hydrogen (secondary N) is 1. The molecular formula is C21H20N4O2. The van der Waals surface area contributed by atoms with Crippen LogP contribution in [0.15, 0.2) is 45.9 Å². The molecule has 5 rings (SSSR count). The van der Waals surface area contributed by atoms with Crippen LogP contribution in [0, 0.1) is 0 Å². The molecule has 136 valence electrons. The lowest BCUT2D eigenvalue weighted by Gasteiger charge is -2.09. The summed E-state index contributed by atoms with van der Waals surface area (Å²) in [6, 6.07) is 11.4. The van der Waals surface area contributed by atoms with Crippen LogP contribution in [0.2, 0.25) is 0 Å². The van der Waals surface area contributed by atoms with Gasteiger partial charge in [0.1, 0.15) is 17.1 Å². The predicted molar refractivity (Wildman–Crippen MR) is 106 cm³/mol. The fourth-order valence-electron chi connectivity index (χ4n) is 3.90. The highest BCUT2D eigenvalue weighted by Crippen LogP contribution is 2.36. The Morgan fingerprint density at radius 1 is 1.19 bits per heavy atom. The molecule has 2 heterocycles. The highest BCUT2D eigenvalue weighted by Gasteiger charge is 2.21. The monoisotopic (exact) mass is 360 g/mol. The third-order valence-corrected chi connectivity index (χ3v) is 5.28. The van der Waals surface area contributed by atoms with E-state index in [1.165, 1.54) is 5.56 Å². The lowest BCUT2D eigenvalue weighted by molar-refractivity contribution is 0.474. The first-order chi connectivity index (χ1) is 13.2. The molecule has 2 N–H and O–H groups in total. The van der Waals surface area contributed by atoms with Crippen molar-refractivity contribution in [1.29, 1.82) is 0 Å². The van der Waals surface area contributed by atoms with Gasteiger partial charge >= 0.3 is 0 Å². The normalized spacial score (nSPS) is 14.3. The first-order valence-electron chi connectivity index (χ1n) is 9.19. The Kier molecular flexibility index (Phi) is 3.63. The molecule has 0 radical (unpaired) electrons. The topological polar surface area (TPSA) is 75.6 Å². The largest absolute Gasteiger partial charge is 0.507 e. The summed E-state index contributed by atoms with van der Waals surface area (Å²) in [5, 5.41) is 15.7. The third-order valence-electron chi connectivity index (χ3n) is 5.28. The first-order valence-corrected chi connectivity index (χ1v) is 9.19. The average Bonchev–Trinajstić information content (AvgIpc) is 3.22. The molecule has 0 aliphatic heterocycles. The number of furan rings is 1. The van der Waals surface area contributed by atoms with E-state index in [4.69, 9.17) is 4.42 Å². The summed E-state index contributed by atoms with van der Waals surface area (Å²) in [5.74, 6) is 1.89. The number of hydrogen-bond acceptors (Lipinski definition) is 5. The number of hydrogen-bond donors (Lipinski definition) is 2. The molecule has 2 aromatic carbocycles. The Bertz CT molecular complexity index is 1190. The first kappa shape index (κ1) is 15.9. The molecular weight excluding hydrogens is 340 g/mol. The van der Waals surface area contributed by atoms with Crippen molar-refractivity contribution in [2.75, 3.05) is 5.43 Å². The molecule has 0 amide bonds. The van der Waals surface area contributed by atoms with Crippen LogP contribution < -0.4 is 5.43 Å². The number of imidazole rings is 1. The van der Waals surface area contributed by atoms with Gasteiger partial charge in [-0.05, 0) is 43.5 Å². The van der Waals surface area contributed by atoms with Crippen molar-refractivity contribution in [3.05, 3.63) is 53.3 Å². The van der Waals surface area contributed by atoms with Gasteiger partial charge in [0.05, 0.1) is 17.2 Å². The van der Waals surface area contributed by atoms with Gasteiger partial charge < -0.3 is 14.1 Å². The highest BCUT2D eigenvalue weighted by atomic mass is 16.3. The highest BCUT2D eigenvalue weighted by molar-refractivity contribution is 6.03. The van der Waals surface area contributed by atoms with Crippen LogP contribution >= 0.6 is 0 Å². The van der Waals surface area contributed by atoms with E-state index in [2.05, 4.69) is 15.5 Å². The second-order valence-corrected chi connectivity index (χ2v) is 6.94. The maximum absolute atomic E-state index is 10.4. The lowest BCUT2D eigenvalue weighted by Crippen LogP contribution is -2.01. The molecule has 0 unspecified atom stereocenters. The number of anilines is 1. The van der Waals surface area contributed by atoms with Gasteiger partial charge in [-0.1, -0.05) is 12.1 Å². The Balaban J connectivity index is 1.53. The smallest absolute Gasteiger partial charge is 0.224 e. The molecule has 2 aromatic heterocycles. The van der Waals surface area contributed by atoms with Crippen molar-refractivity contribution < 1.29 is 9.52 Å². The van der Waals surface area contributed by atoms with E-state index < -0.39 is 0 Å². The number of benzene rings is 2. The van der Waals surface area contributed by atoms with Crippen molar-refractivity contribution in [1.82, 2.24) is 9.55 Å². The van der Waals surface area contributed by atoms with E-state index in [1.54, 1.807) is 12.3 Å². The van der Waals surface area contributed by atoms with Crippen molar-refractivity contribution in [3.63, 3.8) is 0 Å². The van der Waals surface area contributed by atoms with Crippen molar-refractivity contribution >= 4 is 34.2 Å². The van der Waals surface area contributed by atoms with Crippen LogP contribution in [-0.4, -0.2) is 20.9 Å². The van der Waals surface area contributed by atoms with E-state index in [1.807, 2.05) is 41.9 Å². The van der Waals surface area contributed by atoms with Gasteiger partial charge in [0.2, 0.25) is 5.95 Å². The summed E-state index contributed by atoms with van der Waals surface area (Å²) >= 11 is 0. The van der Waals surface area contributed by atoms with Crippen LogP contribution in [0.4, 0.5) is 5.95 Å². The molecule has 6 heteroatoms. The maximum Gasteiger partial charge on any atom is 0.224 e. The molecule has 6 nitrogen and oxygen atoms in total. The van der Waals surface area contributed by atoms with Crippen LogP contribution in [-0.2, 0) is 19.9 Å². The van der Waals surface area contributed by atoms with Crippen LogP contribution in [0.1, 0.15) is 29.7 Å². The minimum atomic E-state index is 0.201. The minimum Gasteiger partial charge on any atom is -0.507 e. The molecule has 0 spiro atoms. The summed E-state index contributed by atoms with van der Waals surface area (Å²) in [6.45, 7) is 0. The number of aryl methyl sites for hydroxylation is 3. The summed E-state index contributed by atoms with van der Waals surface area (Å²) in [4.78, 5) is 4.55. The van der Waals surface area contributed by atoms with Crippen molar-refractivity contribution in [3.8, 4) is 5.75 Å². The molecule has 0 atom stereocenters. The molecule has 1 aliphatic carbocycles. The molecule has 4 aromatic rings. The minimum absolute atomic E-state index is 0.201. The van der Waals surface area contributed by atoms with Gasteiger partial charge in [-0.2, -0.15) is 5.10 Å². The SMILES string of the molecule is Cn1c(NN=Cc2c(O)ccc3oc4c(c23)CCCC4)nc2ccccc21. The molecule has 0 bridgehead atoms. The lowest BCUT2D eigenvalue weighted by atomic mass is 9.94. The number of hydrazone groups is 1. The van der Waals surface area contributed by atoms with E-state index in [0.29, 0.717) is 11.5 Å². The molecule has 27 heavy (non-hydrogen) atoms. The van der Waals surface area contributed by atoms with Crippen LogP contribution in [0.5, 0.6) is 5.75 Å². The Labute approximate surface area is 156 Å². The molecule has 0 saturated carbocycles. The standard InChI is InChI=1S/C21H20N4O2/c1-25-16-8-4-3-7-15(16)23-21(25)24-22-12-14-17(26)10-11-19-20(14)13-6-2-5-9-18(13)27-19/h3-4,7-8,10-12,26H,2,5-6,9H2,1H3,(H,23,24). The van der Waals surface area contributed by atoms with Gasteiger partial charge in [-0.25, -0.2) is 10.4 Å². The molecule has 0 fully saturated rings. The Morgan fingerprint density at radius 2 is 2.04 bits per heavy atom. The maximum atomic E-state index is 10.4. The number of aromatic nitrogens is 2. The second kappa shape index (κ2) is 6.16. The predicted octanol–water partition coefficient (Wildman–Crippen LogP) is 4.35. The number of aromatic hydroxyl groups is 1. The van der Waals surface area contributed by atoms with Gasteiger partial charge in [0.15, 0.2) is 0 Å². The van der Waals surface area contributed by atoms with Crippen molar-refractivity contribution in [2.24, 2.45) is 12.1 Å². The summed E-state index contributed by atoms with van der Waals surface area (Å²) < 4.78 is 7.95. The van der Waals surface area contributed by atoms with Crippen LogP contribution in [0.25, 0.3) is 22.0 Å². The van der Waals surface area contributed by atoms with Crippen molar-refractivity contribution in [2.45, 2.75) is 25.7 Å². The molecule has 1 aliphatic rings. The number of phenolic OH excluding ortho intramolecular Hbond substituents is 1. The zero-order chi connectivity index (χ0) is 18.4. The fraction of sp³-hybridized carbons (Fsp3) is 0.238. The van der Waals surface area contributed by atoms with Gasteiger partial charge in [-0.15, -0.1) is 0 Å². The second-order valence-electron chi connectivity index (χ2n) is 6.94. The zero-order valence-corrected chi connectivity index (χ0v) is 15.1. The summed E-state index contributed by atoms with van der Waals surface area (Å²) in [6.07, 6.45) is 5.88. The number of fused-ring (bicyclic) bond motifs is 4. The van der Waals surface area contributed by atoms with E-state index in [0.717, 1.165) is 53.4 Å². The van der Waals surface area contributed by atoms with Crippen LogP contribution in [0.3, 0.4) is 0 Å². The van der Waals surface area contributed by atoms with E-state index in [9.17, 15) is 5.11 Å². The number of para-hydroxylation sites is 2. The zero-order valence-electron chi connectivity index (χ0n) is 15.1. The summed E-state index contributed by atoms with van der Waals surface area (Å²) in [5.41, 5.74) is 7.63. The van der Waals surface area contributed by atoms with E-state index >= 15 is 0 Å². The average molecular weight is 360 g/mol. The number of phenols is 1. The Hall–Kier alpha value is -3.28. The van der Waals surface area contributed by atoms with Gasteiger partial charge in [0.25, 0.3) is 0 Å². The number of nitrogens with zero attached hydrogens (tertiary/aromatic N) is 3. The summed E-state index contributed by atoms with van der Waals surface area (Å²) in [7, 11) is 1.94. The van der Waals surface area contributed by atoms with Gasteiger partial charge in [0, 0.05) is 30.0 Å². The van der Waals surface area contributed by atoms with Gasteiger partial charge in [-0.3, -0.25) is 0 Å². The third kappa shape index (κ3) is 2.56. The Morgan fingerprint density at radius 3 is 2.93 bits per heavy atom. The molecule has 0 saturated heterocycles. The quantitative estimate of drug-likeness (QED) is 0.421.